The van der Waals surface area contributed by atoms with Gasteiger partial charge in [0.05, 0.1) is 47.8 Å². The zero-order valence-corrected chi connectivity index (χ0v) is 22.3. The van der Waals surface area contributed by atoms with Crippen molar-refractivity contribution in [3.8, 4) is 17.2 Å². The maximum absolute atomic E-state index is 6.46. The molecule has 0 aromatic heterocycles. The Hall–Kier alpha value is -3.14. The molecule has 1 saturated heterocycles. The molecule has 1 aliphatic heterocycles. The molecule has 0 amide bonds. The van der Waals surface area contributed by atoms with Crippen molar-refractivity contribution < 1.29 is 37.9 Å². The highest BCUT2D eigenvalue weighted by Crippen LogP contribution is 2.28. The monoisotopic (exact) mass is 524 g/mol. The minimum absolute atomic E-state index is 0.310. The molecule has 3 aromatic carbocycles. The lowest BCUT2D eigenvalue weighted by Gasteiger charge is -2.41. The molecule has 0 spiro atoms. The second-order valence-electron chi connectivity index (χ2n) is 8.88. The molecule has 0 bridgehead atoms. The molecule has 0 aliphatic carbocycles. The molecule has 8 nitrogen and oxygen atoms in total. The van der Waals surface area contributed by atoms with Crippen LogP contribution in [0.3, 0.4) is 0 Å². The maximum atomic E-state index is 6.46. The van der Waals surface area contributed by atoms with Gasteiger partial charge >= 0.3 is 0 Å². The third-order valence-electron chi connectivity index (χ3n) is 6.44. The Labute approximate surface area is 224 Å². The van der Waals surface area contributed by atoms with E-state index in [0.717, 1.165) is 33.9 Å². The van der Waals surface area contributed by atoms with E-state index in [2.05, 4.69) is 0 Å². The number of hydrogen-bond donors (Lipinski definition) is 0. The quantitative estimate of drug-likeness (QED) is 0.317. The summed E-state index contributed by atoms with van der Waals surface area (Å²) >= 11 is 0. The van der Waals surface area contributed by atoms with Crippen molar-refractivity contribution in [3.05, 3.63) is 89.5 Å². The molecule has 1 aliphatic rings. The minimum Gasteiger partial charge on any atom is -0.497 e. The first-order valence-electron chi connectivity index (χ1n) is 12.5. The van der Waals surface area contributed by atoms with Crippen molar-refractivity contribution >= 4 is 0 Å². The summed E-state index contributed by atoms with van der Waals surface area (Å²) in [6, 6.07) is 23.3. The Morgan fingerprint density at radius 1 is 0.553 bits per heavy atom. The molecule has 1 heterocycles. The second-order valence-corrected chi connectivity index (χ2v) is 8.88. The molecule has 38 heavy (non-hydrogen) atoms. The van der Waals surface area contributed by atoms with Gasteiger partial charge in [-0.25, -0.2) is 0 Å². The molecule has 0 N–H and O–H groups in total. The molecule has 0 saturated carbocycles. The van der Waals surface area contributed by atoms with Crippen LogP contribution >= 0.6 is 0 Å². The topological polar surface area (TPSA) is 73.8 Å². The van der Waals surface area contributed by atoms with Gasteiger partial charge in [0.2, 0.25) is 0 Å². The largest absolute Gasteiger partial charge is 0.497 e. The van der Waals surface area contributed by atoms with Crippen molar-refractivity contribution in [2.24, 2.45) is 0 Å². The van der Waals surface area contributed by atoms with Crippen LogP contribution in [0, 0.1) is 0 Å². The second kappa shape index (κ2) is 14.1. The lowest BCUT2D eigenvalue weighted by molar-refractivity contribution is -0.293. The van der Waals surface area contributed by atoms with Crippen LogP contribution < -0.4 is 14.2 Å². The van der Waals surface area contributed by atoms with E-state index < -0.39 is 18.5 Å². The van der Waals surface area contributed by atoms with Crippen molar-refractivity contribution in [1.82, 2.24) is 0 Å². The average molecular weight is 525 g/mol. The molecule has 4 rings (SSSR count). The van der Waals surface area contributed by atoms with Crippen molar-refractivity contribution in [3.63, 3.8) is 0 Å². The van der Waals surface area contributed by atoms with Gasteiger partial charge in [0.25, 0.3) is 0 Å². The Morgan fingerprint density at radius 2 is 0.947 bits per heavy atom. The SMILES string of the molecule is COc1ccc(COC2COC(OC)C(OCc3ccc(OC)cc3)C2OCc2ccc(OC)cc2)cc1. The van der Waals surface area contributed by atoms with Gasteiger partial charge in [-0.15, -0.1) is 0 Å². The van der Waals surface area contributed by atoms with E-state index in [9.17, 15) is 0 Å². The van der Waals surface area contributed by atoms with E-state index in [-0.39, 0.29) is 6.10 Å². The number of methoxy groups -OCH3 is 4. The fraction of sp³-hybridized carbons (Fsp3) is 0.400. The van der Waals surface area contributed by atoms with Gasteiger partial charge in [0.15, 0.2) is 6.29 Å². The lowest BCUT2D eigenvalue weighted by Crippen LogP contribution is -2.56. The first-order chi connectivity index (χ1) is 18.6. The standard InChI is InChI=1S/C30H36O8/c1-31-24-11-5-21(6-12-24)17-35-27-20-38-30(34-4)29(37-19-23-9-15-26(33-3)16-10-23)28(27)36-18-22-7-13-25(32-2)14-8-22/h5-16,27-30H,17-20H2,1-4H3. The Balaban J connectivity index is 1.49. The van der Waals surface area contributed by atoms with Crippen molar-refractivity contribution in [1.29, 1.82) is 0 Å². The minimum atomic E-state index is -0.602. The summed E-state index contributed by atoms with van der Waals surface area (Å²) in [5.74, 6) is 2.38. The molecule has 1 fully saturated rings. The fourth-order valence-corrected chi connectivity index (χ4v) is 4.22. The van der Waals surface area contributed by atoms with Gasteiger partial charge in [0, 0.05) is 7.11 Å². The number of hydrogen-bond acceptors (Lipinski definition) is 8. The van der Waals surface area contributed by atoms with E-state index >= 15 is 0 Å². The van der Waals surface area contributed by atoms with Crippen molar-refractivity contribution in [2.45, 2.75) is 44.4 Å². The molecule has 8 heteroatoms. The third-order valence-corrected chi connectivity index (χ3v) is 6.44. The predicted molar refractivity (Wildman–Crippen MR) is 141 cm³/mol. The maximum Gasteiger partial charge on any atom is 0.186 e. The molecule has 4 unspecified atom stereocenters. The molecule has 3 aromatic rings. The van der Waals surface area contributed by atoms with Crippen LogP contribution in [0.1, 0.15) is 16.7 Å². The molecule has 4 atom stereocenters. The van der Waals surface area contributed by atoms with Crippen molar-refractivity contribution in [2.75, 3.05) is 35.0 Å². The molecular formula is C30H36O8. The van der Waals surface area contributed by atoms with Crippen LogP contribution in [0.4, 0.5) is 0 Å². The van der Waals surface area contributed by atoms with Crippen LogP contribution in [0.2, 0.25) is 0 Å². The Morgan fingerprint density at radius 3 is 1.34 bits per heavy atom. The van der Waals surface area contributed by atoms with Crippen LogP contribution in [-0.2, 0) is 43.5 Å². The third kappa shape index (κ3) is 7.46. The van der Waals surface area contributed by atoms with Gasteiger partial charge in [-0.1, -0.05) is 36.4 Å². The predicted octanol–water partition coefficient (Wildman–Crippen LogP) is 4.77. The van der Waals surface area contributed by atoms with E-state index in [0.29, 0.717) is 26.4 Å². The summed E-state index contributed by atoms with van der Waals surface area (Å²) in [6.45, 7) is 1.43. The Bertz CT molecular complexity index is 1080. The summed E-state index contributed by atoms with van der Waals surface area (Å²) in [5.41, 5.74) is 3.02. The van der Waals surface area contributed by atoms with E-state index in [1.807, 2.05) is 72.8 Å². The lowest BCUT2D eigenvalue weighted by atomic mass is 10.0. The van der Waals surface area contributed by atoms with E-state index in [1.54, 1.807) is 28.4 Å². The number of benzene rings is 3. The fourth-order valence-electron chi connectivity index (χ4n) is 4.22. The zero-order chi connectivity index (χ0) is 26.7. The van der Waals surface area contributed by atoms with Gasteiger partial charge in [-0.2, -0.15) is 0 Å². The normalized spacial score (nSPS) is 21.2. The average Bonchev–Trinajstić information content (AvgIpc) is 2.98. The molecule has 204 valence electrons. The van der Waals surface area contributed by atoms with Crippen LogP contribution in [0.5, 0.6) is 17.2 Å². The smallest absolute Gasteiger partial charge is 0.186 e. The van der Waals surface area contributed by atoms with E-state index in [4.69, 9.17) is 37.9 Å². The highest BCUT2D eigenvalue weighted by atomic mass is 16.7. The molecule has 0 radical (unpaired) electrons. The van der Waals surface area contributed by atoms with Crippen LogP contribution in [0.15, 0.2) is 72.8 Å². The first kappa shape index (κ1) is 27.9. The van der Waals surface area contributed by atoms with Gasteiger partial charge in [0.1, 0.15) is 35.6 Å². The highest BCUT2D eigenvalue weighted by molar-refractivity contribution is 5.28. The van der Waals surface area contributed by atoms with Gasteiger partial charge in [-0.3, -0.25) is 0 Å². The molecular weight excluding hydrogens is 488 g/mol. The zero-order valence-electron chi connectivity index (χ0n) is 22.3. The summed E-state index contributed by atoms with van der Waals surface area (Å²) in [5, 5.41) is 0. The van der Waals surface area contributed by atoms with Gasteiger partial charge in [-0.05, 0) is 53.1 Å². The highest BCUT2D eigenvalue weighted by Gasteiger charge is 2.43. The van der Waals surface area contributed by atoms with Gasteiger partial charge < -0.3 is 37.9 Å². The Kier molecular flexibility index (Phi) is 10.4. The summed E-state index contributed by atoms with van der Waals surface area (Å²) in [6.07, 6.45) is -1.93. The van der Waals surface area contributed by atoms with E-state index in [1.165, 1.54) is 0 Å². The summed E-state index contributed by atoms with van der Waals surface area (Å²) in [7, 11) is 6.54. The first-order valence-corrected chi connectivity index (χ1v) is 12.5. The van der Waals surface area contributed by atoms with Crippen LogP contribution in [0.25, 0.3) is 0 Å². The number of ether oxygens (including phenoxy) is 8. The summed E-state index contributed by atoms with van der Waals surface area (Å²) in [4.78, 5) is 0. The summed E-state index contributed by atoms with van der Waals surface area (Å²) < 4.78 is 46.6. The van der Waals surface area contributed by atoms with Crippen LogP contribution in [-0.4, -0.2) is 59.6 Å². The number of rotatable bonds is 13.